The Kier molecular flexibility index (Phi) is 3.71. The Balaban J connectivity index is 2.78. The van der Waals surface area contributed by atoms with E-state index in [-0.39, 0.29) is 17.5 Å². The molecule has 0 amide bonds. The minimum Gasteiger partial charge on any atom is -0.465 e. The molecule has 3 nitrogen and oxygen atoms in total. The van der Waals surface area contributed by atoms with E-state index < -0.39 is 0 Å². The molecule has 1 aromatic rings. The van der Waals surface area contributed by atoms with E-state index in [1.165, 1.54) is 7.11 Å². The van der Waals surface area contributed by atoms with Crippen LogP contribution in [0.2, 0.25) is 0 Å². The van der Waals surface area contributed by atoms with Crippen LogP contribution in [0.4, 0.5) is 0 Å². The zero-order valence-electron chi connectivity index (χ0n) is 7.69. The van der Waals surface area contributed by atoms with Crippen LogP contribution in [0.5, 0.6) is 0 Å². The van der Waals surface area contributed by atoms with Crippen molar-refractivity contribution in [1.29, 1.82) is 0 Å². The zero-order valence-corrected chi connectivity index (χ0v) is 8.58. The molecule has 0 atom stereocenters. The summed E-state index contributed by atoms with van der Waals surface area (Å²) in [6.45, 7) is 0. The van der Waals surface area contributed by atoms with Crippen molar-refractivity contribution in [3.8, 4) is 0 Å². The Morgan fingerprint density at radius 1 is 1.29 bits per heavy atom. The van der Waals surface area contributed by atoms with Crippen molar-refractivity contribution in [3.63, 3.8) is 0 Å². The predicted molar refractivity (Wildman–Crippen MR) is 55.5 cm³/mol. The van der Waals surface area contributed by atoms with Crippen molar-refractivity contribution in [1.82, 2.24) is 0 Å². The standard InChI is InChI=1S/C10H10O3S/c1-13-10(12)8-4-2-7(3-5-8)6-9(11)14/h2-5H,6H2,1H3,(H,11,14). The first-order chi connectivity index (χ1) is 6.63. The number of hydrogen-bond acceptors (Lipinski definition) is 3. The van der Waals surface area contributed by atoms with Crippen LogP contribution in [-0.4, -0.2) is 18.2 Å². The molecule has 0 aliphatic rings. The third-order valence-electron chi connectivity index (χ3n) is 1.73. The van der Waals surface area contributed by atoms with Crippen molar-refractivity contribution >= 4 is 23.7 Å². The highest BCUT2D eigenvalue weighted by Gasteiger charge is 2.04. The molecule has 0 saturated heterocycles. The van der Waals surface area contributed by atoms with Gasteiger partial charge in [-0.2, -0.15) is 0 Å². The molecule has 0 N–H and O–H groups in total. The Morgan fingerprint density at radius 2 is 1.86 bits per heavy atom. The van der Waals surface area contributed by atoms with Gasteiger partial charge in [-0.15, -0.1) is 12.6 Å². The monoisotopic (exact) mass is 210 g/mol. The molecular weight excluding hydrogens is 200 g/mol. The maximum atomic E-state index is 11.0. The van der Waals surface area contributed by atoms with E-state index in [0.29, 0.717) is 5.56 Å². The summed E-state index contributed by atoms with van der Waals surface area (Å²) in [5, 5.41) is -0.198. The molecule has 0 spiro atoms. The Morgan fingerprint density at radius 3 is 2.29 bits per heavy atom. The second kappa shape index (κ2) is 4.81. The van der Waals surface area contributed by atoms with E-state index in [2.05, 4.69) is 17.4 Å². The predicted octanol–water partition coefficient (Wildman–Crippen LogP) is 1.47. The second-order valence-corrected chi connectivity index (χ2v) is 3.26. The molecule has 1 aromatic carbocycles. The summed E-state index contributed by atoms with van der Waals surface area (Å²) < 4.78 is 4.54. The van der Waals surface area contributed by atoms with Crippen molar-refractivity contribution in [2.45, 2.75) is 6.42 Å². The first-order valence-corrected chi connectivity index (χ1v) is 4.47. The van der Waals surface area contributed by atoms with E-state index in [1.54, 1.807) is 24.3 Å². The maximum Gasteiger partial charge on any atom is 0.337 e. The molecule has 0 heterocycles. The van der Waals surface area contributed by atoms with E-state index >= 15 is 0 Å². The molecule has 4 heteroatoms. The Bertz CT molecular complexity index is 343. The van der Waals surface area contributed by atoms with Crippen molar-refractivity contribution in [3.05, 3.63) is 35.4 Å². The highest BCUT2D eigenvalue weighted by atomic mass is 32.1. The van der Waals surface area contributed by atoms with Gasteiger partial charge in [-0.3, -0.25) is 4.79 Å². The largest absolute Gasteiger partial charge is 0.465 e. The fourth-order valence-electron chi connectivity index (χ4n) is 1.05. The summed E-state index contributed by atoms with van der Waals surface area (Å²) in [7, 11) is 1.33. The Labute approximate surface area is 87.5 Å². The van der Waals surface area contributed by atoms with Gasteiger partial charge in [0.1, 0.15) is 0 Å². The Hall–Kier alpha value is -1.29. The van der Waals surface area contributed by atoms with Crippen LogP contribution in [0.3, 0.4) is 0 Å². The van der Waals surface area contributed by atoms with Gasteiger partial charge in [-0.25, -0.2) is 4.79 Å². The first-order valence-electron chi connectivity index (χ1n) is 4.02. The summed E-state index contributed by atoms with van der Waals surface area (Å²) in [6.07, 6.45) is 0.268. The number of benzene rings is 1. The molecule has 0 aliphatic heterocycles. The maximum absolute atomic E-state index is 11.0. The van der Waals surface area contributed by atoms with Gasteiger partial charge >= 0.3 is 5.97 Å². The normalized spacial score (nSPS) is 9.57. The van der Waals surface area contributed by atoms with Crippen molar-refractivity contribution < 1.29 is 14.3 Å². The minimum atomic E-state index is -0.381. The number of esters is 1. The number of hydrogen-bond donors (Lipinski definition) is 1. The van der Waals surface area contributed by atoms with Crippen LogP contribution in [0.15, 0.2) is 24.3 Å². The van der Waals surface area contributed by atoms with Gasteiger partial charge < -0.3 is 4.74 Å². The van der Waals surface area contributed by atoms with Crippen LogP contribution in [-0.2, 0) is 16.0 Å². The number of rotatable bonds is 3. The van der Waals surface area contributed by atoms with Crippen molar-refractivity contribution in [2.24, 2.45) is 0 Å². The average Bonchev–Trinajstić information content (AvgIpc) is 2.17. The highest BCUT2D eigenvalue weighted by molar-refractivity contribution is 7.96. The number of methoxy groups -OCH3 is 1. The fourth-order valence-corrected chi connectivity index (χ4v) is 1.23. The molecule has 0 saturated carbocycles. The minimum absolute atomic E-state index is 0.198. The molecule has 14 heavy (non-hydrogen) atoms. The fraction of sp³-hybridized carbons (Fsp3) is 0.200. The van der Waals surface area contributed by atoms with Gasteiger partial charge in [0.2, 0.25) is 0 Å². The van der Waals surface area contributed by atoms with Gasteiger partial charge in [0.25, 0.3) is 0 Å². The third-order valence-corrected chi connectivity index (χ3v) is 1.89. The quantitative estimate of drug-likeness (QED) is 0.607. The highest BCUT2D eigenvalue weighted by Crippen LogP contribution is 2.07. The van der Waals surface area contributed by atoms with Crippen LogP contribution in [0.1, 0.15) is 15.9 Å². The average molecular weight is 210 g/mol. The van der Waals surface area contributed by atoms with Crippen LogP contribution >= 0.6 is 12.6 Å². The summed E-state index contributed by atoms with van der Waals surface area (Å²) in [4.78, 5) is 21.7. The van der Waals surface area contributed by atoms with Gasteiger partial charge in [0.15, 0.2) is 5.12 Å². The van der Waals surface area contributed by atoms with Gasteiger partial charge in [-0.1, -0.05) is 12.1 Å². The van der Waals surface area contributed by atoms with Gasteiger partial charge in [0, 0.05) is 6.42 Å². The topological polar surface area (TPSA) is 43.4 Å². The van der Waals surface area contributed by atoms with Crippen molar-refractivity contribution in [2.75, 3.05) is 7.11 Å². The van der Waals surface area contributed by atoms with Crippen LogP contribution < -0.4 is 0 Å². The molecule has 0 fully saturated rings. The lowest BCUT2D eigenvalue weighted by molar-refractivity contribution is -0.110. The molecule has 0 bridgehead atoms. The summed E-state index contributed by atoms with van der Waals surface area (Å²) in [5.41, 5.74) is 1.31. The second-order valence-electron chi connectivity index (χ2n) is 2.76. The number of ether oxygens (including phenoxy) is 1. The summed E-state index contributed by atoms with van der Waals surface area (Å²) >= 11 is 3.66. The molecule has 0 aliphatic carbocycles. The third kappa shape index (κ3) is 2.88. The van der Waals surface area contributed by atoms with E-state index in [9.17, 15) is 9.59 Å². The summed E-state index contributed by atoms with van der Waals surface area (Å²) in [6, 6.07) is 6.66. The molecule has 0 radical (unpaired) electrons. The van der Waals surface area contributed by atoms with Gasteiger partial charge in [0.05, 0.1) is 12.7 Å². The molecule has 1 rings (SSSR count). The lowest BCUT2D eigenvalue weighted by Crippen LogP contribution is -2.01. The van der Waals surface area contributed by atoms with E-state index in [1.807, 2.05) is 0 Å². The SMILES string of the molecule is COC(=O)c1ccc(CC(=O)S)cc1. The van der Waals surface area contributed by atoms with E-state index in [4.69, 9.17) is 0 Å². The summed E-state index contributed by atoms with van der Waals surface area (Å²) in [5.74, 6) is -0.381. The van der Waals surface area contributed by atoms with Crippen LogP contribution in [0.25, 0.3) is 0 Å². The smallest absolute Gasteiger partial charge is 0.337 e. The molecule has 74 valence electrons. The first kappa shape index (κ1) is 10.8. The number of carbonyl (C=O) groups excluding carboxylic acids is 2. The zero-order chi connectivity index (χ0) is 10.6. The number of thiol groups is 1. The number of carbonyl (C=O) groups is 2. The lowest BCUT2D eigenvalue weighted by atomic mass is 10.1. The molecule has 0 unspecified atom stereocenters. The lowest BCUT2D eigenvalue weighted by Gasteiger charge is -2.00. The molecular formula is C10H10O3S. The van der Waals surface area contributed by atoms with E-state index in [0.717, 1.165) is 5.56 Å². The molecule has 0 aromatic heterocycles. The van der Waals surface area contributed by atoms with Crippen LogP contribution in [0, 0.1) is 0 Å². The van der Waals surface area contributed by atoms with Gasteiger partial charge in [-0.05, 0) is 17.7 Å².